The molecule has 0 radical (unpaired) electrons. The van der Waals surface area contributed by atoms with Crippen molar-refractivity contribution in [2.45, 2.75) is 38.1 Å². The van der Waals surface area contributed by atoms with Crippen LogP contribution in [0.15, 0.2) is 65.4 Å². The molecule has 0 aromatic carbocycles. The number of hydrogen-bond acceptors (Lipinski definition) is 8. The summed E-state index contributed by atoms with van der Waals surface area (Å²) < 4.78 is 55.1. The SMILES string of the molecule is CNC(=O)C1=C(Nc2nc(NC3(P(=O)(O)O)CC=C(C)C=C3C)ncc2C(F)(F)F)C=CC[N+]1(CCCO)c1cn[nH]c1. The van der Waals surface area contributed by atoms with Gasteiger partial charge in [0, 0.05) is 32.7 Å². The number of halogens is 3. The molecule has 0 saturated heterocycles. The number of alkyl halides is 3. The van der Waals surface area contributed by atoms with E-state index in [-0.39, 0.29) is 54.0 Å². The first-order chi connectivity index (χ1) is 20.2. The zero-order valence-corrected chi connectivity index (χ0v) is 24.5. The second kappa shape index (κ2) is 12.1. The Morgan fingerprint density at radius 3 is 2.58 bits per heavy atom. The monoisotopic (exact) mass is 625 g/mol. The number of carbonyl (C=O) groups is 1. The highest BCUT2D eigenvalue weighted by atomic mass is 31.2. The Hall–Kier alpha value is -3.82. The van der Waals surface area contributed by atoms with Crippen molar-refractivity contribution >= 4 is 31.0 Å². The Kier molecular flexibility index (Phi) is 9.00. The van der Waals surface area contributed by atoms with Crippen molar-refractivity contribution in [1.29, 1.82) is 0 Å². The molecule has 4 rings (SSSR count). The molecular formula is C26H33F3N8O5P+. The van der Waals surface area contributed by atoms with E-state index in [2.05, 4.69) is 36.1 Å². The number of aromatic nitrogens is 4. The number of carbonyl (C=O) groups excluding carboxylic acids is 1. The van der Waals surface area contributed by atoms with Crippen molar-refractivity contribution in [2.24, 2.45) is 0 Å². The van der Waals surface area contributed by atoms with Gasteiger partial charge in [0.15, 0.2) is 11.0 Å². The summed E-state index contributed by atoms with van der Waals surface area (Å²) in [6.07, 6.45) is 4.99. The lowest BCUT2D eigenvalue weighted by Gasteiger charge is -2.39. The molecule has 0 bridgehead atoms. The van der Waals surface area contributed by atoms with Gasteiger partial charge in [-0.05, 0) is 31.6 Å². The number of amides is 1. The normalized spacial score (nSPS) is 22.6. The molecule has 17 heteroatoms. The minimum atomic E-state index is -4.95. The fourth-order valence-corrected chi connectivity index (χ4v) is 6.39. The number of rotatable bonds is 10. The van der Waals surface area contributed by atoms with Gasteiger partial charge in [0.25, 0.3) is 0 Å². The quantitative estimate of drug-likeness (QED) is 0.153. The predicted octanol–water partition coefficient (Wildman–Crippen LogP) is 3.13. The zero-order valence-electron chi connectivity index (χ0n) is 23.6. The van der Waals surface area contributed by atoms with E-state index in [0.717, 1.165) is 5.57 Å². The number of quaternary nitrogens is 1. The van der Waals surface area contributed by atoms with Crippen molar-refractivity contribution in [3.63, 3.8) is 0 Å². The second-order valence-electron chi connectivity index (χ2n) is 10.2. The highest BCUT2D eigenvalue weighted by Crippen LogP contribution is 2.57. The maximum Gasteiger partial charge on any atom is 0.421 e. The van der Waals surface area contributed by atoms with Crippen LogP contribution in [0.5, 0.6) is 0 Å². The molecule has 2 unspecified atom stereocenters. The molecule has 0 saturated carbocycles. The van der Waals surface area contributed by atoms with Crippen LogP contribution in [0.1, 0.15) is 32.3 Å². The third-order valence-corrected chi connectivity index (χ3v) is 9.12. The Labute approximate surface area is 245 Å². The molecule has 1 amide bonds. The first-order valence-corrected chi connectivity index (χ1v) is 14.8. The maximum absolute atomic E-state index is 14.2. The Morgan fingerprint density at radius 1 is 1.26 bits per heavy atom. The van der Waals surface area contributed by atoms with Gasteiger partial charge in [-0.1, -0.05) is 17.7 Å². The fraction of sp³-hybridized carbons (Fsp3) is 0.385. The summed E-state index contributed by atoms with van der Waals surface area (Å²) in [6, 6.07) is 0. The Balaban J connectivity index is 1.88. The maximum atomic E-state index is 14.2. The molecule has 1 aliphatic carbocycles. The number of likely N-dealkylation sites (N-methyl/N-ethyl adjacent to an activating group) is 1. The molecule has 2 atom stereocenters. The van der Waals surface area contributed by atoms with E-state index in [0.29, 0.717) is 11.9 Å². The number of nitrogens with zero attached hydrogens (tertiary/aromatic N) is 4. The van der Waals surface area contributed by atoms with Crippen LogP contribution in [0.4, 0.5) is 30.6 Å². The number of aliphatic hydroxyl groups excluding tert-OH is 1. The van der Waals surface area contributed by atoms with Crippen LogP contribution in [0.25, 0.3) is 0 Å². The molecule has 43 heavy (non-hydrogen) atoms. The molecule has 2 aliphatic rings. The van der Waals surface area contributed by atoms with Gasteiger partial charge in [0.2, 0.25) is 11.6 Å². The number of allylic oxidation sites excluding steroid dienone is 3. The average molecular weight is 626 g/mol. The summed E-state index contributed by atoms with van der Waals surface area (Å²) in [7, 11) is -3.57. The molecule has 7 N–H and O–H groups in total. The zero-order chi connectivity index (χ0) is 31.6. The van der Waals surface area contributed by atoms with Crippen molar-refractivity contribution in [1.82, 2.24) is 30.0 Å². The minimum Gasteiger partial charge on any atom is -0.396 e. The van der Waals surface area contributed by atoms with Crippen molar-refractivity contribution in [2.75, 3.05) is 37.4 Å². The molecule has 2 aromatic rings. The molecule has 3 heterocycles. The third kappa shape index (κ3) is 6.15. The van der Waals surface area contributed by atoms with E-state index in [1.807, 2.05) is 0 Å². The van der Waals surface area contributed by atoms with Crippen LogP contribution in [0, 0.1) is 0 Å². The number of aliphatic hydroxyl groups is 1. The molecule has 13 nitrogen and oxygen atoms in total. The van der Waals surface area contributed by atoms with Crippen LogP contribution in [-0.2, 0) is 15.5 Å². The van der Waals surface area contributed by atoms with Crippen molar-refractivity contribution in [3.8, 4) is 0 Å². The average Bonchev–Trinajstić information content (AvgIpc) is 3.48. The molecule has 1 aliphatic heterocycles. The van der Waals surface area contributed by atoms with Crippen molar-refractivity contribution in [3.05, 3.63) is 71.0 Å². The van der Waals surface area contributed by atoms with Gasteiger partial charge >= 0.3 is 19.7 Å². The lowest BCUT2D eigenvalue weighted by atomic mass is 9.95. The highest BCUT2D eigenvalue weighted by molar-refractivity contribution is 7.54. The summed E-state index contributed by atoms with van der Waals surface area (Å²) in [4.78, 5) is 41.7. The van der Waals surface area contributed by atoms with E-state index in [4.69, 9.17) is 0 Å². The molecule has 2 aromatic heterocycles. The van der Waals surface area contributed by atoms with Crippen LogP contribution >= 0.6 is 7.60 Å². The standard InChI is InChI=1S/C26H32F3N8O5P/c1-16-7-8-25(17(2)12-16,43(40,41)42)36-24-31-15-19(26(27,28)29)22(35-24)34-20-6-4-9-37(10-5-11-38,18-13-32-33-14-18)21(20)23(39)30-3/h4,6-7,12-15,38H,5,8-11H2,1-3H3,(H5-,30,31,32,33,34,35,36,39,40,41,42)/p+1. The van der Waals surface area contributed by atoms with Gasteiger partial charge < -0.3 is 30.8 Å². The molecule has 0 fully saturated rings. The number of hydrogen-bond donors (Lipinski definition) is 7. The smallest absolute Gasteiger partial charge is 0.396 e. The Morgan fingerprint density at radius 2 is 2.00 bits per heavy atom. The molecular weight excluding hydrogens is 592 g/mol. The molecule has 232 valence electrons. The minimum absolute atomic E-state index is 0.0168. The fourth-order valence-electron chi connectivity index (χ4n) is 5.29. The van der Waals surface area contributed by atoms with E-state index in [1.165, 1.54) is 26.2 Å². The van der Waals surface area contributed by atoms with E-state index in [1.54, 1.807) is 31.3 Å². The summed E-state index contributed by atoms with van der Waals surface area (Å²) >= 11 is 0. The first kappa shape index (κ1) is 32.1. The first-order valence-electron chi connectivity index (χ1n) is 13.2. The van der Waals surface area contributed by atoms with Gasteiger partial charge in [-0.15, -0.1) is 0 Å². The van der Waals surface area contributed by atoms with Gasteiger partial charge in [-0.2, -0.15) is 23.3 Å². The van der Waals surface area contributed by atoms with Gasteiger partial charge in [-0.25, -0.2) is 9.47 Å². The highest BCUT2D eigenvalue weighted by Gasteiger charge is 2.50. The van der Waals surface area contributed by atoms with E-state index in [9.17, 15) is 37.4 Å². The Bertz CT molecular complexity index is 1550. The summed E-state index contributed by atoms with van der Waals surface area (Å²) in [5, 5.41) is 22.1. The number of aromatic amines is 1. The summed E-state index contributed by atoms with van der Waals surface area (Å²) in [6.45, 7) is 3.50. The summed E-state index contributed by atoms with van der Waals surface area (Å²) in [5.74, 6) is -1.82. The van der Waals surface area contributed by atoms with Crippen LogP contribution in [0.2, 0.25) is 0 Å². The number of H-pyrrole nitrogens is 1. The van der Waals surface area contributed by atoms with E-state index < -0.39 is 42.3 Å². The number of nitrogens with one attached hydrogen (secondary N) is 4. The topological polar surface area (TPSA) is 185 Å². The van der Waals surface area contributed by atoms with Crippen molar-refractivity contribution < 1.29 is 37.4 Å². The van der Waals surface area contributed by atoms with Gasteiger partial charge in [0.05, 0.1) is 12.7 Å². The number of anilines is 2. The van der Waals surface area contributed by atoms with Crippen LogP contribution < -0.4 is 20.4 Å². The van der Waals surface area contributed by atoms with Gasteiger partial charge in [0.1, 0.15) is 29.8 Å². The summed E-state index contributed by atoms with van der Waals surface area (Å²) in [5.41, 5.74) is 0.302. The predicted molar refractivity (Wildman–Crippen MR) is 153 cm³/mol. The van der Waals surface area contributed by atoms with Gasteiger partial charge in [-0.3, -0.25) is 14.5 Å². The largest absolute Gasteiger partial charge is 0.421 e. The lowest BCUT2D eigenvalue weighted by Crippen LogP contribution is -2.55. The van der Waals surface area contributed by atoms with Crippen LogP contribution in [0.3, 0.4) is 0 Å². The van der Waals surface area contributed by atoms with E-state index >= 15 is 0 Å². The second-order valence-corrected chi connectivity index (χ2v) is 12.1. The third-order valence-electron chi connectivity index (χ3n) is 7.48. The van der Waals surface area contributed by atoms with Crippen LogP contribution in [-0.4, -0.2) is 73.0 Å². The lowest BCUT2D eigenvalue weighted by molar-refractivity contribution is -0.137. The molecule has 0 spiro atoms.